The lowest BCUT2D eigenvalue weighted by Gasteiger charge is -2.13. The van der Waals surface area contributed by atoms with Crippen LogP contribution < -0.4 is 0 Å². The third kappa shape index (κ3) is 2.60. The molecule has 0 aliphatic carbocycles. The maximum Gasteiger partial charge on any atom is 0.159 e. The second-order valence-corrected chi connectivity index (χ2v) is 5.34. The van der Waals surface area contributed by atoms with E-state index in [4.69, 9.17) is 0 Å². The molecule has 0 aliphatic rings. The summed E-state index contributed by atoms with van der Waals surface area (Å²) in [4.78, 5) is 11.5. The second kappa shape index (κ2) is 5.00. The van der Waals surface area contributed by atoms with Crippen molar-refractivity contribution in [2.24, 2.45) is 0 Å². The molecule has 2 rings (SSSR count). The fourth-order valence-corrected chi connectivity index (χ4v) is 2.52. The van der Waals surface area contributed by atoms with E-state index >= 15 is 0 Å². The first kappa shape index (κ1) is 13.5. The van der Waals surface area contributed by atoms with Gasteiger partial charge in [-0.1, -0.05) is 18.2 Å². The quantitative estimate of drug-likeness (QED) is 0.702. The van der Waals surface area contributed by atoms with Crippen LogP contribution in [0.1, 0.15) is 39.5 Å². The third-order valence-corrected chi connectivity index (χ3v) is 3.73. The fraction of sp³-hybridized carbons (Fsp3) is 0.278. The SMILES string of the molecule is CC(=O)c1cc(C)c(-c2ccc(C)c(C)c2)c(C)c1. The van der Waals surface area contributed by atoms with Crippen LogP contribution in [0.2, 0.25) is 0 Å². The van der Waals surface area contributed by atoms with Gasteiger partial charge in [-0.3, -0.25) is 4.79 Å². The van der Waals surface area contributed by atoms with Gasteiger partial charge in [0.25, 0.3) is 0 Å². The summed E-state index contributed by atoms with van der Waals surface area (Å²) in [6.07, 6.45) is 0. The molecule has 0 bridgehead atoms. The number of hydrogen-bond acceptors (Lipinski definition) is 1. The predicted molar refractivity (Wildman–Crippen MR) is 80.8 cm³/mol. The maximum absolute atomic E-state index is 11.5. The van der Waals surface area contributed by atoms with Crippen LogP contribution >= 0.6 is 0 Å². The number of benzene rings is 2. The summed E-state index contributed by atoms with van der Waals surface area (Å²) < 4.78 is 0. The lowest BCUT2D eigenvalue weighted by Crippen LogP contribution is -1.97. The van der Waals surface area contributed by atoms with Crippen LogP contribution in [0.5, 0.6) is 0 Å². The van der Waals surface area contributed by atoms with Gasteiger partial charge in [0.15, 0.2) is 5.78 Å². The molecular formula is C18H20O. The average molecular weight is 252 g/mol. The van der Waals surface area contributed by atoms with Gasteiger partial charge >= 0.3 is 0 Å². The molecule has 98 valence electrons. The Labute approximate surface area is 115 Å². The van der Waals surface area contributed by atoms with E-state index in [0.29, 0.717) is 0 Å². The highest BCUT2D eigenvalue weighted by atomic mass is 16.1. The minimum absolute atomic E-state index is 0.123. The van der Waals surface area contributed by atoms with Crippen LogP contribution in [0.15, 0.2) is 30.3 Å². The number of aryl methyl sites for hydroxylation is 4. The summed E-state index contributed by atoms with van der Waals surface area (Å²) in [5, 5.41) is 0. The molecule has 2 aromatic rings. The Morgan fingerprint density at radius 2 is 1.37 bits per heavy atom. The number of Topliss-reactive ketones (excluding diaryl/α,β-unsaturated/α-hetero) is 1. The van der Waals surface area contributed by atoms with Crippen molar-refractivity contribution in [1.82, 2.24) is 0 Å². The zero-order chi connectivity index (χ0) is 14.2. The molecule has 2 aromatic carbocycles. The Hall–Kier alpha value is -1.89. The van der Waals surface area contributed by atoms with Crippen molar-refractivity contribution in [2.75, 3.05) is 0 Å². The van der Waals surface area contributed by atoms with Gasteiger partial charge in [-0.15, -0.1) is 0 Å². The highest BCUT2D eigenvalue weighted by Crippen LogP contribution is 2.29. The molecule has 0 aliphatic heterocycles. The van der Waals surface area contributed by atoms with Crippen LogP contribution in [0.3, 0.4) is 0 Å². The van der Waals surface area contributed by atoms with Crippen molar-refractivity contribution in [3.05, 3.63) is 58.1 Å². The molecule has 0 amide bonds. The highest BCUT2D eigenvalue weighted by Gasteiger charge is 2.10. The smallest absolute Gasteiger partial charge is 0.159 e. The normalized spacial score (nSPS) is 10.6. The van der Waals surface area contributed by atoms with E-state index in [-0.39, 0.29) is 5.78 Å². The largest absolute Gasteiger partial charge is 0.295 e. The third-order valence-electron chi connectivity index (χ3n) is 3.73. The van der Waals surface area contributed by atoms with Crippen molar-refractivity contribution in [3.8, 4) is 11.1 Å². The molecule has 1 nitrogen and oxygen atoms in total. The molecule has 0 saturated heterocycles. The summed E-state index contributed by atoms with van der Waals surface area (Å²) in [6.45, 7) is 10.0. The molecule has 0 heterocycles. The topological polar surface area (TPSA) is 17.1 Å². The van der Waals surface area contributed by atoms with Gasteiger partial charge in [-0.2, -0.15) is 0 Å². The molecule has 0 spiro atoms. The fourth-order valence-electron chi connectivity index (χ4n) is 2.52. The van der Waals surface area contributed by atoms with Gasteiger partial charge < -0.3 is 0 Å². The van der Waals surface area contributed by atoms with Crippen molar-refractivity contribution in [2.45, 2.75) is 34.6 Å². The van der Waals surface area contributed by atoms with E-state index < -0.39 is 0 Å². The van der Waals surface area contributed by atoms with Crippen molar-refractivity contribution >= 4 is 5.78 Å². The van der Waals surface area contributed by atoms with E-state index in [9.17, 15) is 4.79 Å². The average Bonchev–Trinajstić information content (AvgIpc) is 2.32. The molecule has 0 aromatic heterocycles. The molecule has 19 heavy (non-hydrogen) atoms. The molecule has 0 atom stereocenters. The second-order valence-electron chi connectivity index (χ2n) is 5.34. The van der Waals surface area contributed by atoms with Crippen LogP contribution in [-0.2, 0) is 0 Å². The molecule has 0 radical (unpaired) electrons. The lowest BCUT2D eigenvalue weighted by molar-refractivity contribution is 0.101. The Bertz CT molecular complexity index is 628. The minimum atomic E-state index is 0.123. The first-order chi connectivity index (χ1) is 8.90. The van der Waals surface area contributed by atoms with Gasteiger partial charge in [-0.05, 0) is 80.1 Å². The molecular weight excluding hydrogens is 232 g/mol. The van der Waals surface area contributed by atoms with Crippen molar-refractivity contribution in [1.29, 1.82) is 0 Å². The number of rotatable bonds is 2. The number of carbonyl (C=O) groups is 1. The number of carbonyl (C=O) groups excluding carboxylic acids is 1. The summed E-state index contributed by atoms with van der Waals surface area (Å²) in [5.74, 6) is 0.123. The van der Waals surface area contributed by atoms with Gasteiger partial charge in [-0.25, -0.2) is 0 Å². The Morgan fingerprint density at radius 3 is 1.84 bits per heavy atom. The maximum atomic E-state index is 11.5. The summed E-state index contributed by atoms with van der Waals surface area (Å²) in [5.41, 5.74) is 8.19. The highest BCUT2D eigenvalue weighted by molar-refractivity contribution is 5.95. The Morgan fingerprint density at radius 1 is 0.789 bits per heavy atom. The predicted octanol–water partition coefficient (Wildman–Crippen LogP) is 4.79. The molecule has 1 heteroatoms. The number of hydrogen-bond donors (Lipinski definition) is 0. The first-order valence-corrected chi connectivity index (χ1v) is 6.60. The Kier molecular flexibility index (Phi) is 3.57. The molecule has 0 fully saturated rings. The standard InChI is InChI=1S/C18H20O/c1-11-6-7-16(8-12(11)2)18-13(3)9-17(15(5)19)10-14(18)4/h6-10H,1-5H3. The summed E-state index contributed by atoms with van der Waals surface area (Å²) >= 11 is 0. The summed E-state index contributed by atoms with van der Waals surface area (Å²) in [7, 11) is 0. The van der Waals surface area contributed by atoms with E-state index in [1.54, 1.807) is 6.92 Å². The minimum Gasteiger partial charge on any atom is -0.295 e. The Balaban J connectivity index is 2.62. The zero-order valence-corrected chi connectivity index (χ0v) is 12.3. The van der Waals surface area contributed by atoms with E-state index in [0.717, 1.165) is 16.7 Å². The summed E-state index contributed by atoms with van der Waals surface area (Å²) in [6, 6.07) is 10.5. The molecule has 0 N–H and O–H groups in total. The van der Waals surface area contributed by atoms with Gasteiger partial charge in [0, 0.05) is 5.56 Å². The molecule has 0 saturated carbocycles. The first-order valence-electron chi connectivity index (χ1n) is 6.60. The van der Waals surface area contributed by atoms with E-state index in [1.165, 1.54) is 22.3 Å². The van der Waals surface area contributed by atoms with Gasteiger partial charge in [0.1, 0.15) is 0 Å². The van der Waals surface area contributed by atoms with Gasteiger partial charge in [0.05, 0.1) is 0 Å². The van der Waals surface area contributed by atoms with Crippen LogP contribution in [-0.4, -0.2) is 5.78 Å². The van der Waals surface area contributed by atoms with Crippen LogP contribution in [0.25, 0.3) is 11.1 Å². The molecule has 0 unspecified atom stereocenters. The lowest BCUT2D eigenvalue weighted by atomic mass is 9.91. The van der Waals surface area contributed by atoms with Crippen LogP contribution in [0, 0.1) is 27.7 Å². The van der Waals surface area contributed by atoms with Gasteiger partial charge in [0.2, 0.25) is 0 Å². The zero-order valence-electron chi connectivity index (χ0n) is 12.3. The van der Waals surface area contributed by atoms with E-state index in [1.807, 2.05) is 12.1 Å². The van der Waals surface area contributed by atoms with Crippen LogP contribution in [0.4, 0.5) is 0 Å². The van der Waals surface area contributed by atoms with Crippen molar-refractivity contribution < 1.29 is 4.79 Å². The van der Waals surface area contributed by atoms with Crippen molar-refractivity contribution in [3.63, 3.8) is 0 Å². The monoisotopic (exact) mass is 252 g/mol. The number of ketones is 1. The van der Waals surface area contributed by atoms with E-state index in [2.05, 4.69) is 45.9 Å².